The van der Waals surface area contributed by atoms with Crippen LogP contribution >= 0.6 is 15.9 Å². The van der Waals surface area contributed by atoms with Gasteiger partial charge in [-0.3, -0.25) is 4.70 Å². The quantitative estimate of drug-likeness (QED) is 0.134. The average molecular weight is 1230 g/mol. The first-order chi connectivity index (χ1) is 43.9. The molecule has 0 spiro atoms. The van der Waals surface area contributed by atoms with Crippen LogP contribution in [0.5, 0.6) is 0 Å². The Kier molecular flexibility index (Phi) is 16.9. The zero-order valence-electron chi connectivity index (χ0n) is 49.0. The second-order valence-corrected chi connectivity index (χ2v) is 22.9. The van der Waals surface area contributed by atoms with E-state index in [9.17, 15) is 0 Å². The number of furan rings is 2. The molecule has 0 atom stereocenters. The number of nitrogen functional groups attached to an aromatic ring is 1. The van der Waals surface area contributed by atoms with Crippen molar-refractivity contribution < 1.29 is 13.5 Å². The summed E-state index contributed by atoms with van der Waals surface area (Å²) in [6.45, 7) is 0. The van der Waals surface area contributed by atoms with Gasteiger partial charge in [0, 0.05) is 65.3 Å². The van der Waals surface area contributed by atoms with Gasteiger partial charge in [0.15, 0.2) is 0 Å². The number of anilines is 3. The molecule has 16 rings (SSSR count). The summed E-state index contributed by atoms with van der Waals surface area (Å²) >= 11 is 3.42. The molecule has 14 aromatic carbocycles. The van der Waals surface area contributed by atoms with Crippen LogP contribution in [0.4, 0.5) is 21.8 Å². The molecule has 0 saturated carbocycles. The molecule has 432 valence electrons. The summed E-state index contributed by atoms with van der Waals surface area (Å²) in [5.41, 5.74) is 31.0. The maximum absolute atomic E-state index is 6.67. The highest BCUT2D eigenvalue weighted by Gasteiger charge is 2.18. The molecule has 0 unspecified atom stereocenters. The van der Waals surface area contributed by atoms with Crippen LogP contribution < -0.4 is 11.1 Å². The molecular formula is C84H60BrFN2O2. The largest absolute Gasteiger partial charge is 0.455 e. The summed E-state index contributed by atoms with van der Waals surface area (Å²) in [5.74, 6) is 0. The smallest absolute Gasteiger partial charge is 0.143 e. The highest BCUT2D eigenvalue weighted by Crippen LogP contribution is 2.43. The summed E-state index contributed by atoms with van der Waals surface area (Å²) in [7, 11) is 0. The summed E-state index contributed by atoms with van der Waals surface area (Å²) < 4.78 is 14.4. The predicted molar refractivity (Wildman–Crippen MR) is 382 cm³/mol. The molecule has 0 bridgehead atoms. The van der Waals surface area contributed by atoms with Gasteiger partial charge in [-0.15, -0.1) is 0 Å². The van der Waals surface area contributed by atoms with E-state index in [1.54, 1.807) is 0 Å². The first-order valence-electron chi connectivity index (χ1n) is 29.8. The molecule has 0 radical (unpaired) electrons. The van der Waals surface area contributed by atoms with Gasteiger partial charge in [-0.1, -0.05) is 295 Å². The third kappa shape index (κ3) is 12.3. The van der Waals surface area contributed by atoms with Crippen molar-refractivity contribution in [3.05, 3.63) is 344 Å². The van der Waals surface area contributed by atoms with Crippen LogP contribution in [0, 0.1) is 0 Å². The van der Waals surface area contributed by atoms with Gasteiger partial charge in [0.05, 0.1) is 0 Å². The molecule has 90 heavy (non-hydrogen) atoms. The van der Waals surface area contributed by atoms with E-state index < -0.39 is 0 Å². The SMILES string of the molecule is Brc1ccc(-c2ccccc2)cc1.F.Nc1ccc(-c2cccc(-c3cccc4c3oc3c(-c5ccccc5)cccc34)c2)cc1.c1ccc(-c2ccc(Nc3ccc(-c4cccc(-c5cccc6c5oc5c(-c7ccccc7)cccc56)c4)cc3)cc2)cc1. The Morgan fingerprint density at radius 2 is 0.489 bits per heavy atom. The van der Waals surface area contributed by atoms with Crippen LogP contribution in [0.1, 0.15) is 0 Å². The van der Waals surface area contributed by atoms with E-state index in [1.165, 1.54) is 33.4 Å². The van der Waals surface area contributed by atoms with Gasteiger partial charge in [0.25, 0.3) is 0 Å². The summed E-state index contributed by atoms with van der Waals surface area (Å²) in [5, 5.41) is 8.07. The van der Waals surface area contributed by atoms with E-state index in [0.29, 0.717) is 0 Å². The van der Waals surface area contributed by atoms with E-state index in [0.717, 1.165) is 121 Å². The fourth-order valence-corrected chi connectivity index (χ4v) is 12.0. The highest BCUT2D eigenvalue weighted by molar-refractivity contribution is 9.10. The molecule has 0 aliphatic carbocycles. The van der Waals surface area contributed by atoms with E-state index in [1.807, 2.05) is 36.4 Å². The molecule has 2 heterocycles. The molecule has 0 fully saturated rings. The molecule has 2 aromatic heterocycles. The van der Waals surface area contributed by atoms with Gasteiger partial charge < -0.3 is 19.9 Å². The highest BCUT2D eigenvalue weighted by atomic mass is 79.9. The van der Waals surface area contributed by atoms with Crippen LogP contribution in [0.3, 0.4) is 0 Å². The zero-order chi connectivity index (χ0) is 59.9. The number of benzene rings is 14. The van der Waals surface area contributed by atoms with Gasteiger partial charge in [-0.25, -0.2) is 0 Å². The Morgan fingerprint density at radius 1 is 0.233 bits per heavy atom. The average Bonchev–Trinajstić information content (AvgIpc) is 1.69. The van der Waals surface area contributed by atoms with Crippen molar-refractivity contribution in [2.45, 2.75) is 0 Å². The predicted octanol–water partition coefficient (Wildman–Crippen LogP) is 24.4. The number of nitrogens with one attached hydrogen (secondary N) is 1. The van der Waals surface area contributed by atoms with Crippen molar-refractivity contribution >= 4 is 76.9 Å². The normalized spacial score (nSPS) is 10.9. The maximum atomic E-state index is 6.67. The summed E-state index contributed by atoms with van der Waals surface area (Å²) in [4.78, 5) is 0. The summed E-state index contributed by atoms with van der Waals surface area (Å²) in [6.07, 6.45) is 0. The second-order valence-electron chi connectivity index (χ2n) is 22.0. The lowest BCUT2D eigenvalue weighted by Gasteiger charge is -2.10. The van der Waals surface area contributed by atoms with E-state index in [4.69, 9.17) is 14.6 Å². The van der Waals surface area contributed by atoms with E-state index in [2.05, 4.69) is 325 Å². The first-order valence-corrected chi connectivity index (χ1v) is 30.6. The van der Waals surface area contributed by atoms with Crippen LogP contribution in [0.2, 0.25) is 0 Å². The Labute approximate surface area is 531 Å². The van der Waals surface area contributed by atoms with Gasteiger partial charge in [0.1, 0.15) is 22.3 Å². The third-order valence-corrected chi connectivity index (χ3v) is 16.8. The second kappa shape index (κ2) is 26.3. The maximum Gasteiger partial charge on any atom is 0.143 e. The van der Waals surface area contributed by atoms with E-state index in [-0.39, 0.29) is 4.70 Å². The molecule has 4 nitrogen and oxygen atoms in total. The summed E-state index contributed by atoms with van der Waals surface area (Å²) in [6, 6.07) is 118. The standard InChI is InChI=1S/C42H29NO.C30H21NO.C12H9Br.FH/c1-3-10-29(11-4-1)30-20-24-35(25-21-30)43-36-26-22-31(23-27-36)33-14-7-15-34(28-33)38-17-9-19-40-39-18-8-16-37(41(39)44-42(38)40)32-12-5-2-6-13-32;31-24-17-15-20(16-18-24)22-9-4-10-23(19-22)26-12-6-14-28-27-13-5-11-25(29(27)32-30(26)28)21-7-2-1-3-8-21;13-12-8-6-11(7-9-12)10-4-2-1-3-5-10;/h1-28,43H;1-19H,31H2;1-9H;1H. The number of nitrogens with two attached hydrogens (primary N) is 1. The lowest BCUT2D eigenvalue weighted by Crippen LogP contribution is -1.90. The van der Waals surface area contributed by atoms with Gasteiger partial charge in [-0.05, 0) is 127 Å². The van der Waals surface area contributed by atoms with Crippen molar-refractivity contribution in [1.29, 1.82) is 0 Å². The minimum atomic E-state index is 0. The number of rotatable bonds is 10. The lowest BCUT2D eigenvalue weighted by atomic mass is 9.97. The Bertz CT molecular complexity index is 5070. The number of fused-ring (bicyclic) bond motifs is 6. The first kappa shape index (κ1) is 57.7. The molecule has 6 heteroatoms. The minimum Gasteiger partial charge on any atom is -0.455 e. The fourth-order valence-electron chi connectivity index (χ4n) is 11.8. The Balaban J connectivity index is 0.000000141. The Hall–Kier alpha value is -11.3. The van der Waals surface area contributed by atoms with Crippen LogP contribution in [0.25, 0.3) is 133 Å². The van der Waals surface area contributed by atoms with Crippen molar-refractivity contribution in [2.75, 3.05) is 11.1 Å². The molecule has 3 N–H and O–H groups in total. The van der Waals surface area contributed by atoms with Crippen molar-refractivity contribution in [1.82, 2.24) is 0 Å². The lowest BCUT2D eigenvalue weighted by molar-refractivity contribution is 0.670. The molecule has 0 aliphatic heterocycles. The number of para-hydroxylation sites is 4. The van der Waals surface area contributed by atoms with Gasteiger partial charge >= 0.3 is 0 Å². The minimum absolute atomic E-state index is 0. The molecular weight excluding hydrogens is 1170 g/mol. The number of halogens is 2. The molecule has 16 aromatic rings. The van der Waals surface area contributed by atoms with Crippen molar-refractivity contribution in [2.24, 2.45) is 0 Å². The van der Waals surface area contributed by atoms with Crippen LogP contribution in [-0.2, 0) is 0 Å². The van der Waals surface area contributed by atoms with Crippen molar-refractivity contribution in [3.8, 4) is 89.0 Å². The zero-order valence-corrected chi connectivity index (χ0v) is 50.6. The Morgan fingerprint density at radius 3 is 0.844 bits per heavy atom. The number of hydrogen-bond donors (Lipinski definition) is 2. The molecule has 0 aliphatic rings. The van der Waals surface area contributed by atoms with E-state index >= 15 is 0 Å². The monoisotopic (exact) mass is 1230 g/mol. The molecule has 0 amide bonds. The van der Waals surface area contributed by atoms with Gasteiger partial charge in [0.2, 0.25) is 0 Å². The van der Waals surface area contributed by atoms with Crippen LogP contribution in [-0.4, -0.2) is 0 Å². The fraction of sp³-hybridized carbons (Fsp3) is 0. The number of hydrogen-bond acceptors (Lipinski definition) is 4. The van der Waals surface area contributed by atoms with Crippen LogP contribution in [0.15, 0.2) is 353 Å². The van der Waals surface area contributed by atoms with Gasteiger partial charge in [-0.2, -0.15) is 0 Å². The molecule has 0 saturated heterocycles. The topological polar surface area (TPSA) is 64.3 Å². The van der Waals surface area contributed by atoms with Crippen molar-refractivity contribution in [3.63, 3.8) is 0 Å². The third-order valence-electron chi connectivity index (χ3n) is 16.3.